The van der Waals surface area contributed by atoms with Crippen molar-refractivity contribution in [3.05, 3.63) is 0 Å². The van der Waals surface area contributed by atoms with Crippen LogP contribution in [0.25, 0.3) is 0 Å². The third kappa shape index (κ3) is 11.9. The lowest BCUT2D eigenvalue weighted by Gasteiger charge is -2.44. The van der Waals surface area contributed by atoms with Crippen LogP contribution < -0.4 is 21.7 Å². The minimum absolute atomic E-state index is 0.0524. The van der Waals surface area contributed by atoms with Crippen LogP contribution in [0.4, 0.5) is 0 Å². The third-order valence-corrected chi connectivity index (χ3v) is 7.02. The van der Waals surface area contributed by atoms with Gasteiger partial charge in [0, 0.05) is 33.1 Å². The molecule has 0 saturated carbocycles. The number of nitrogens with two attached hydrogens (primary N) is 1. The average Bonchev–Trinajstić information content (AvgIpc) is 3.72. The first-order valence-corrected chi connectivity index (χ1v) is 14.5. The monoisotopic (exact) mass is 658 g/mol. The summed E-state index contributed by atoms with van der Waals surface area (Å²) in [6.45, 7) is 6.08. The summed E-state index contributed by atoms with van der Waals surface area (Å²) < 4.78 is 26.4. The Morgan fingerprint density at radius 2 is 1.63 bits per heavy atom. The predicted molar refractivity (Wildman–Crippen MR) is 152 cm³/mol. The molecular weight excluding hydrogens is 616 g/mol. The molecule has 19 heteroatoms. The van der Waals surface area contributed by atoms with Crippen LogP contribution in [0.3, 0.4) is 0 Å². The van der Waals surface area contributed by atoms with E-state index in [1.807, 2.05) is 0 Å². The van der Waals surface area contributed by atoms with E-state index in [-0.39, 0.29) is 25.7 Å². The summed E-state index contributed by atoms with van der Waals surface area (Å²) in [4.78, 5) is 85.4. The second-order valence-electron chi connectivity index (χ2n) is 11.0. The van der Waals surface area contributed by atoms with E-state index in [2.05, 4.69) is 30.9 Å². The van der Waals surface area contributed by atoms with Crippen molar-refractivity contribution in [2.24, 2.45) is 16.0 Å². The van der Waals surface area contributed by atoms with Crippen LogP contribution in [0.1, 0.15) is 60.3 Å². The molecule has 0 aromatic rings. The van der Waals surface area contributed by atoms with Crippen molar-refractivity contribution in [1.29, 1.82) is 0 Å². The number of hydrogen-bond acceptors (Lipinski definition) is 15. The van der Waals surface area contributed by atoms with Gasteiger partial charge in [0.2, 0.25) is 23.6 Å². The standard InChI is InChI=1S/C27H42N6O13/c1-12(24(39)30-16(23(28)38)7-8-19(37)42-6)29-25(40)13(2)44-22-20(31-18(36)9-10-27(5)32-33-27)26(41)46-17(11-43-14(3)34)21(22)45-15(4)35/h12-13,16-17,20-22,26,41H,7-11H2,1-6H3,(H2,28,38)(H,29,40)(H,30,39)(H,31,36)/t12-,13+,16+,17+,20+,21+,22+,26-/m0/s1. The Hall–Kier alpha value is -4.23. The van der Waals surface area contributed by atoms with Gasteiger partial charge in [-0.05, 0) is 27.2 Å². The molecule has 0 aromatic heterocycles. The Morgan fingerprint density at radius 3 is 2.17 bits per heavy atom. The van der Waals surface area contributed by atoms with Crippen LogP contribution in [0.2, 0.25) is 0 Å². The van der Waals surface area contributed by atoms with Gasteiger partial charge in [-0.2, -0.15) is 10.2 Å². The zero-order valence-corrected chi connectivity index (χ0v) is 26.5. The minimum atomic E-state index is -1.76. The summed E-state index contributed by atoms with van der Waals surface area (Å²) in [6.07, 6.45) is -7.35. The smallest absolute Gasteiger partial charge is 0.305 e. The van der Waals surface area contributed by atoms with Crippen molar-refractivity contribution in [2.75, 3.05) is 13.7 Å². The van der Waals surface area contributed by atoms with Crippen molar-refractivity contribution in [1.82, 2.24) is 16.0 Å². The average molecular weight is 659 g/mol. The van der Waals surface area contributed by atoms with Crippen LogP contribution >= 0.6 is 0 Å². The molecule has 2 heterocycles. The van der Waals surface area contributed by atoms with Crippen LogP contribution in [0.15, 0.2) is 10.2 Å². The zero-order valence-electron chi connectivity index (χ0n) is 26.5. The van der Waals surface area contributed by atoms with Crippen molar-refractivity contribution in [3.63, 3.8) is 0 Å². The molecule has 1 fully saturated rings. The number of nitrogens with zero attached hydrogens (tertiary/aromatic N) is 2. The van der Waals surface area contributed by atoms with Crippen molar-refractivity contribution >= 4 is 41.5 Å². The van der Waals surface area contributed by atoms with E-state index in [0.717, 1.165) is 21.0 Å². The van der Waals surface area contributed by atoms with Gasteiger partial charge in [-0.15, -0.1) is 0 Å². The molecule has 0 spiro atoms. The number of aliphatic hydroxyl groups is 1. The zero-order chi connectivity index (χ0) is 34.8. The maximum atomic E-state index is 13.1. The Morgan fingerprint density at radius 1 is 0.978 bits per heavy atom. The number of carbonyl (C=O) groups excluding carboxylic acids is 7. The first kappa shape index (κ1) is 38.0. The lowest BCUT2D eigenvalue weighted by atomic mass is 9.95. The maximum absolute atomic E-state index is 13.1. The minimum Gasteiger partial charge on any atom is -0.469 e. The van der Waals surface area contributed by atoms with Gasteiger partial charge in [0.15, 0.2) is 18.1 Å². The van der Waals surface area contributed by atoms with Crippen LogP contribution in [-0.4, -0.2) is 115 Å². The largest absolute Gasteiger partial charge is 0.469 e. The Bertz CT molecular complexity index is 1190. The van der Waals surface area contributed by atoms with E-state index in [4.69, 9.17) is 24.7 Å². The van der Waals surface area contributed by atoms with Gasteiger partial charge >= 0.3 is 17.9 Å². The highest BCUT2D eigenvalue weighted by atomic mass is 16.7. The highest BCUT2D eigenvalue weighted by Gasteiger charge is 2.50. The fourth-order valence-electron chi connectivity index (χ4n) is 4.34. The van der Waals surface area contributed by atoms with Gasteiger partial charge in [-0.3, -0.25) is 33.6 Å². The summed E-state index contributed by atoms with van der Waals surface area (Å²) in [5, 5.41) is 25.9. The van der Waals surface area contributed by atoms with E-state index < -0.39 is 103 Å². The quantitative estimate of drug-likeness (QED) is 0.0824. The number of amides is 4. The lowest BCUT2D eigenvalue weighted by molar-refractivity contribution is -0.271. The van der Waals surface area contributed by atoms with Gasteiger partial charge in [0.25, 0.3) is 0 Å². The topological polar surface area (TPSA) is 273 Å². The van der Waals surface area contributed by atoms with E-state index in [1.54, 1.807) is 6.92 Å². The Labute approximate surface area is 264 Å². The third-order valence-electron chi connectivity index (χ3n) is 7.02. The van der Waals surface area contributed by atoms with Crippen LogP contribution in [0, 0.1) is 0 Å². The predicted octanol–water partition coefficient (Wildman–Crippen LogP) is -2.15. The highest BCUT2D eigenvalue weighted by Crippen LogP contribution is 2.32. The highest BCUT2D eigenvalue weighted by molar-refractivity contribution is 5.92. The molecule has 0 radical (unpaired) electrons. The molecule has 2 aliphatic rings. The fraction of sp³-hybridized carbons (Fsp3) is 0.741. The number of esters is 3. The first-order valence-electron chi connectivity index (χ1n) is 14.5. The molecule has 4 amide bonds. The van der Waals surface area contributed by atoms with E-state index >= 15 is 0 Å². The molecule has 2 aliphatic heterocycles. The molecule has 19 nitrogen and oxygen atoms in total. The molecule has 0 unspecified atom stereocenters. The summed E-state index contributed by atoms with van der Waals surface area (Å²) in [5.74, 6) is -5.23. The Balaban J connectivity index is 2.20. The number of rotatable bonds is 17. The molecule has 0 aromatic carbocycles. The van der Waals surface area contributed by atoms with Crippen molar-refractivity contribution < 1.29 is 62.4 Å². The van der Waals surface area contributed by atoms with Gasteiger partial charge in [0.1, 0.15) is 43.0 Å². The normalized spacial score (nSPS) is 24.7. The lowest BCUT2D eigenvalue weighted by Crippen LogP contribution is -2.67. The number of aliphatic hydroxyl groups excluding tert-OH is 1. The van der Waals surface area contributed by atoms with Gasteiger partial charge in [-0.25, -0.2) is 0 Å². The molecule has 258 valence electrons. The van der Waals surface area contributed by atoms with Gasteiger partial charge < -0.3 is 50.5 Å². The maximum Gasteiger partial charge on any atom is 0.305 e. The number of nitrogens with one attached hydrogen (secondary N) is 3. The van der Waals surface area contributed by atoms with E-state index in [0.29, 0.717) is 0 Å². The SMILES string of the molecule is COC(=O)CC[C@@H](NC(=O)[C@H](C)NC(=O)[C@@H](C)O[C@@H]1[C@@H](NC(=O)CCC2(C)N=N2)[C@@H](O)O[C@H](COC(C)=O)[C@H]1OC(C)=O)C(N)=O. The van der Waals surface area contributed by atoms with Crippen LogP contribution in [-0.2, 0) is 57.2 Å². The summed E-state index contributed by atoms with van der Waals surface area (Å²) in [6, 6.07) is -3.83. The number of carbonyl (C=O) groups is 7. The second-order valence-corrected chi connectivity index (χ2v) is 11.0. The summed E-state index contributed by atoms with van der Waals surface area (Å²) >= 11 is 0. The van der Waals surface area contributed by atoms with Gasteiger partial charge in [0.05, 0.1) is 7.11 Å². The number of methoxy groups -OCH3 is 1. The molecule has 0 aliphatic carbocycles. The molecular formula is C27H42N6O13. The molecule has 2 rings (SSSR count). The molecule has 0 bridgehead atoms. The Kier molecular flexibility index (Phi) is 13.9. The number of primary amides is 1. The molecule has 8 atom stereocenters. The van der Waals surface area contributed by atoms with Crippen molar-refractivity contribution in [2.45, 2.75) is 115 Å². The number of ether oxygens (including phenoxy) is 5. The molecule has 46 heavy (non-hydrogen) atoms. The first-order chi connectivity index (χ1) is 21.5. The van der Waals surface area contributed by atoms with Gasteiger partial charge in [-0.1, -0.05) is 0 Å². The summed E-state index contributed by atoms with van der Waals surface area (Å²) in [5.41, 5.74) is 4.64. The molecule has 1 saturated heterocycles. The van der Waals surface area contributed by atoms with Crippen molar-refractivity contribution in [3.8, 4) is 0 Å². The fourth-order valence-corrected chi connectivity index (χ4v) is 4.34. The number of hydrogen-bond donors (Lipinski definition) is 5. The second kappa shape index (κ2) is 16.9. The van der Waals surface area contributed by atoms with E-state index in [9.17, 15) is 38.7 Å². The molecule has 6 N–H and O–H groups in total. The van der Waals surface area contributed by atoms with E-state index in [1.165, 1.54) is 13.8 Å². The summed E-state index contributed by atoms with van der Waals surface area (Å²) in [7, 11) is 1.16. The van der Waals surface area contributed by atoms with Crippen LogP contribution in [0.5, 0.6) is 0 Å².